The molecule has 5 aromatic rings. The Labute approximate surface area is 186 Å². The highest BCUT2D eigenvalue weighted by Crippen LogP contribution is 2.40. The third kappa shape index (κ3) is 3.08. The smallest absolute Gasteiger partial charge is 0.177 e. The van der Waals surface area contributed by atoms with E-state index in [0.29, 0.717) is 22.5 Å². The number of hydrogen-bond donors (Lipinski definition) is 2. The number of benzene rings is 1. The highest BCUT2D eigenvalue weighted by molar-refractivity contribution is 7.13. The molecule has 6 rings (SSSR count). The zero-order valence-corrected chi connectivity index (χ0v) is 17.8. The summed E-state index contributed by atoms with van der Waals surface area (Å²) in [5.74, 6) is 0.577. The van der Waals surface area contributed by atoms with Crippen LogP contribution < -0.4 is 5.73 Å². The highest BCUT2D eigenvalue weighted by Gasteiger charge is 2.23. The second-order valence-corrected chi connectivity index (χ2v) is 9.05. The van der Waals surface area contributed by atoms with Gasteiger partial charge < -0.3 is 15.3 Å². The van der Waals surface area contributed by atoms with Crippen molar-refractivity contribution in [3.05, 3.63) is 48.8 Å². The molecule has 162 valence electrons. The molecule has 0 saturated heterocycles. The van der Waals surface area contributed by atoms with Crippen LogP contribution in [0.15, 0.2) is 47.4 Å². The van der Waals surface area contributed by atoms with Gasteiger partial charge in [-0.25, -0.2) is 9.37 Å². The molecule has 0 radical (unpaired) electrons. The Bertz CT molecular complexity index is 1450. The van der Waals surface area contributed by atoms with E-state index in [1.807, 2.05) is 23.1 Å². The van der Waals surface area contributed by atoms with Gasteiger partial charge in [0.2, 0.25) is 0 Å². The average molecular weight is 450 g/mol. The van der Waals surface area contributed by atoms with Crippen molar-refractivity contribution < 1.29 is 13.9 Å². The fourth-order valence-corrected chi connectivity index (χ4v) is 5.30. The van der Waals surface area contributed by atoms with Crippen molar-refractivity contribution in [1.82, 2.24) is 19.1 Å². The second kappa shape index (κ2) is 7.39. The maximum atomic E-state index is 14.1. The molecule has 32 heavy (non-hydrogen) atoms. The Balaban J connectivity index is 1.44. The standard InChI is InChI=1S/C23H20FN5O2S/c24-19-6-5-15(22-18(19)10-28-32-22)20-7-16-17(9-26-23(25)21(16)31-20)12-8-27-29(11-12)13-1-3-14(30)4-2-13/h5-11,13-14,30H,1-4H2,(H2,25,26). The van der Waals surface area contributed by atoms with Crippen molar-refractivity contribution in [3.63, 3.8) is 0 Å². The summed E-state index contributed by atoms with van der Waals surface area (Å²) >= 11 is 1.23. The summed E-state index contributed by atoms with van der Waals surface area (Å²) < 4.78 is 27.1. The number of hydrogen-bond acceptors (Lipinski definition) is 7. The molecule has 0 bridgehead atoms. The van der Waals surface area contributed by atoms with Gasteiger partial charge in [0.05, 0.1) is 29.2 Å². The molecule has 7 nitrogen and oxygen atoms in total. The van der Waals surface area contributed by atoms with Crippen LogP contribution >= 0.6 is 11.5 Å². The SMILES string of the molecule is Nc1ncc(-c2cnn(C3CCC(O)CC3)c2)c2cc(-c3ccc(F)c4cnsc34)oc12. The molecule has 1 fully saturated rings. The molecule has 0 amide bonds. The second-order valence-electron chi connectivity index (χ2n) is 8.25. The summed E-state index contributed by atoms with van der Waals surface area (Å²) in [6, 6.07) is 5.33. The van der Waals surface area contributed by atoms with Crippen LogP contribution in [-0.2, 0) is 0 Å². The molecular formula is C23H20FN5O2S. The first-order valence-electron chi connectivity index (χ1n) is 10.5. The van der Waals surface area contributed by atoms with Crippen LogP contribution in [0.25, 0.3) is 43.5 Å². The number of aromatic nitrogens is 4. The molecular weight excluding hydrogens is 429 g/mol. The zero-order chi connectivity index (χ0) is 21.8. The highest BCUT2D eigenvalue weighted by atomic mass is 32.1. The van der Waals surface area contributed by atoms with Gasteiger partial charge in [0, 0.05) is 39.9 Å². The number of nitrogens with two attached hydrogens (primary N) is 1. The van der Waals surface area contributed by atoms with Gasteiger partial charge in [0.1, 0.15) is 11.6 Å². The molecule has 1 saturated carbocycles. The van der Waals surface area contributed by atoms with Crippen molar-refractivity contribution >= 4 is 38.4 Å². The lowest BCUT2D eigenvalue weighted by molar-refractivity contribution is 0.108. The Morgan fingerprint density at radius 2 is 1.94 bits per heavy atom. The quantitative estimate of drug-likeness (QED) is 0.394. The molecule has 0 atom stereocenters. The van der Waals surface area contributed by atoms with Gasteiger partial charge in [-0.2, -0.15) is 9.47 Å². The van der Waals surface area contributed by atoms with Gasteiger partial charge >= 0.3 is 0 Å². The normalized spacial score (nSPS) is 19.2. The predicted octanol–water partition coefficient (Wildman–Crippen LogP) is 5.17. The topological polar surface area (TPSA) is 103 Å². The Morgan fingerprint density at radius 3 is 2.78 bits per heavy atom. The lowest BCUT2D eigenvalue weighted by atomic mass is 9.93. The number of nitrogen functional groups attached to an aromatic ring is 1. The molecule has 9 heteroatoms. The van der Waals surface area contributed by atoms with Crippen LogP contribution in [-0.4, -0.2) is 30.3 Å². The molecule has 4 aromatic heterocycles. The number of rotatable bonds is 3. The van der Waals surface area contributed by atoms with Crippen LogP contribution in [0.1, 0.15) is 31.7 Å². The lowest BCUT2D eigenvalue weighted by Crippen LogP contribution is -2.21. The number of furan rings is 1. The minimum absolute atomic E-state index is 0.206. The molecule has 1 aliphatic rings. The van der Waals surface area contributed by atoms with E-state index in [1.54, 1.807) is 12.3 Å². The third-order valence-electron chi connectivity index (χ3n) is 6.27. The molecule has 3 N–H and O–H groups in total. The van der Waals surface area contributed by atoms with Gasteiger partial charge in [-0.05, 0) is 55.4 Å². The van der Waals surface area contributed by atoms with Crippen molar-refractivity contribution in [2.45, 2.75) is 37.8 Å². The number of halogens is 1. The summed E-state index contributed by atoms with van der Waals surface area (Å²) in [4.78, 5) is 4.33. The lowest BCUT2D eigenvalue weighted by Gasteiger charge is -2.25. The number of anilines is 1. The van der Waals surface area contributed by atoms with Gasteiger partial charge in [-0.1, -0.05) is 0 Å². The predicted molar refractivity (Wildman–Crippen MR) is 122 cm³/mol. The van der Waals surface area contributed by atoms with E-state index in [0.717, 1.165) is 52.5 Å². The van der Waals surface area contributed by atoms with Crippen LogP contribution in [0, 0.1) is 5.82 Å². The number of nitrogens with zero attached hydrogens (tertiary/aromatic N) is 4. The summed E-state index contributed by atoms with van der Waals surface area (Å²) in [6.07, 6.45) is 10.3. The van der Waals surface area contributed by atoms with E-state index < -0.39 is 0 Å². The molecule has 1 aromatic carbocycles. The average Bonchev–Trinajstić information content (AvgIpc) is 3.55. The number of pyridine rings is 1. The van der Waals surface area contributed by atoms with Gasteiger partial charge in [-0.15, -0.1) is 0 Å². The van der Waals surface area contributed by atoms with E-state index in [9.17, 15) is 9.50 Å². The minimum Gasteiger partial charge on any atom is -0.452 e. The molecule has 0 spiro atoms. The van der Waals surface area contributed by atoms with Gasteiger partial charge in [-0.3, -0.25) is 4.68 Å². The Hall–Kier alpha value is -3.30. The zero-order valence-electron chi connectivity index (χ0n) is 17.0. The van der Waals surface area contributed by atoms with E-state index in [-0.39, 0.29) is 18.0 Å². The molecule has 1 aliphatic carbocycles. The van der Waals surface area contributed by atoms with Crippen LogP contribution in [0.4, 0.5) is 10.2 Å². The minimum atomic E-state index is -0.307. The largest absolute Gasteiger partial charge is 0.452 e. The van der Waals surface area contributed by atoms with Gasteiger partial charge in [0.15, 0.2) is 11.4 Å². The van der Waals surface area contributed by atoms with Crippen molar-refractivity contribution in [2.75, 3.05) is 5.73 Å². The fraction of sp³-hybridized carbons (Fsp3) is 0.261. The third-order valence-corrected chi connectivity index (χ3v) is 7.11. The Kier molecular flexibility index (Phi) is 4.48. The van der Waals surface area contributed by atoms with E-state index in [4.69, 9.17) is 10.2 Å². The first-order chi connectivity index (χ1) is 15.6. The number of aliphatic hydroxyl groups is 1. The van der Waals surface area contributed by atoms with Crippen molar-refractivity contribution in [2.24, 2.45) is 0 Å². The molecule has 0 unspecified atom stereocenters. The van der Waals surface area contributed by atoms with E-state index in [1.165, 1.54) is 23.8 Å². The first kappa shape index (κ1) is 19.4. The summed E-state index contributed by atoms with van der Waals surface area (Å²) in [5, 5.41) is 15.7. The molecule has 4 heterocycles. The van der Waals surface area contributed by atoms with Gasteiger partial charge in [0.25, 0.3) is 0 Å². The van der Waals surface area contributed by atoms with Crippen molar-refractivity contribution in [3.8, 4) is 22.5 Å². The monoisotopic (exact) mass is 449 g/mol. The van der Waals surface area contributed by atoms with Crippen LogP contribution in [0.3, 0.4) is 0 Å². The maximum Gasteiger partial charge on any atom is 0.177 e. The Morgan fingerprint density at radius 1 is 1.09 bits per heavy atom. The van der Waals surface area contributed by atoms with E-state index >= 15 is 0 Å². The summed E-state index contributed by atoms with van der Waals surface area (Å²) in [6.45, 7) is 0. The fourth-order valence-electron chi connectivity index (χ4n) is 4.53. The first-order valence-corrected chi connectivity index (χ1v) is 11.3. The summed E-state index contributed by atoms with van der Waals surface area (Å²) in [5.41, 5.74) is 9.18. The van der Waals surface area contributed by atoms with E-state index in [2.05, 4.69) is 14.5 Å². The van der Waals surface area contributed by atoms with Crippen LogP contribution in [0.2, 0.25) is 0 Å². The number of fused-ring (bicyclic) bond motifs is 2. The van der Waals surface area contributed by atoms with Crippen molar-refractivity contribution in [1.29, 1.82) is 0 Å². The summed E-state index contributed by atoms with van der Waals surface area (Å²) in [7, 11) is 0. The number of aliphatic hydroxyl groups excluding tert-OH is 1. The van der Waals surface area contributed by atoms with Crippen LogP contribution in [0.5, 0.6) is 0 Å². The molecule has 0 aliphatic heterocycles. The maximum absolute atomic E-state index is 14.1.